The molecule has 2 amide bonds. The van der Waals surface area contributed by atoms with Crippen LogP contribution in [0.25, 0.3) is 0 Å². The van der Waals surface area contributed by atoms with Gasteiger partial charge < -0.3 is 26.0 Å². The molecular formula is C25H29N5O3. The fraction of sp³-hybridized carbons (Fsp3) is 0.400. The molecule has 3 fully saturated rings. The van der Waals surface area contributed by atoms with E-state index in [0.717, 1.165) is 55.7 Å². The minimum Gasteiger partial charge on any atom is -0.379 e. The Labute approximate surface area is 193 Å². The molecule has 0 spiro atoms. The minimum absolute atomic E-state index is 0.0725. The molecule has 33 heavy (non-hydrogen) atoms. The molecular weight excluding hydrogens is 418 g/mol. The van der Waals surface area contributed by atoms with E-state index in [1.54, 1.807) is 6.07 Å². The van der Waals surface area contributed by atoms with Gasteiger partial charge in [0.2, 0.25) is 0 Å². The molecule has 0 bridgehead atoms. The van der Waals surface area contributed by atoms with Crippen molar-refractivity contribution in [2.75, 3.05) is 31.6 Å². The summed E-state index contributed by atoms with van der Waals surface area (Å²) in [5, 5.41) is 12.7. The second-order valence-electron chi connectivity index (χ2n) is 8.79. The van der Waals surface area contributed by atoms with Crippen LogP contribution in [0.1, 0.15) is 57.9 Å². The number of guanidine groups is 1. The Hall–Kier alpha value is -3.39. The summed E-state index contributed by atoms with van der Waals surface area (Å²) in [6.07, 6.45) is 4.07. The molecule has 2 aliphatic heterocycles. The van der Waals surface area contributed by atoms with Crippen molar-refractivity contribution in [3.05, 3.63) is 59.2 Å². The second-order valence-corrected chi connectivity index (χ2v) is 8.79. The molecule has 2 aromatic carbocycles. The van der Waals surface area contributed by atoms with Gasteiger partial charge in [-0.1, -0.05) is 6.07 Å². The van der Waals surface area contributed by atoms with Crippen molar-refractivity contribution in [3.8, 4) is 0 Å². The molecule has 3 aliphatic rings. The SMILES string of the molecule is O=C(N=C1NCCCN1)c1ccc(Nc2cccc(C(=O)NC3CCOC3)c2)c(C2CC2)c1. The highest BCUT2D eigenvalue weighted by Gasteiger charge is 2.27. The van der Waals surface area contributed by atoms with Gasteiger partial charge in [-0.25, -0.2) is 0 Å². The summed E-state index contributed by atoms with van der Waals surface area (Å²) < 4.78 is 5.34. The average molecular weight is 448 g/mol. The van der Waals surface area contributed by atoms with Crippen LogP contribution in [0.3, 0.4) is 0 Å². The van der Waals surface area contributed by atoms with Crippen LogP contribution in [0, 0.1) is 0 Å². The molecule has 8 heteroatoms. The van der Waals surface area contributed by atoms with Crippen molar-refractivity contribution < 1.29 is 14.3 Å². The number of benzene rings is 2. The summed E-state index contributed by atoms with van der Waals surface area (Å²) >= 11 is 0. The summed E-state index contributed by atoms with van der Waals surface area (Å²) in [6.45, 7) is 2.90. The molecule has 172 valence electrons. The van der Waals surface area contributed by atoms with Gasteiger partial charge in [0.25, 0.3) is 11.8 Å². The summed E-state index contributed by atoms with van der Waals surface area (Å²) in [5.41, 5.74) is 4.09. The third-order valence-electron chi connectivity index (χ3n) is 6.14. The highest BCUT2D eigenvalue weighted by molar-refractivity contribution is 6.03. The van der Waals surface area contributed by atoms with E-state index in [2.05, 4.69) is 26.3 Å². The van der Waals surface area contributed by atoms with E-state index in [4.69, 9.17) is 4.74 Å². The molecule has 0 radical (unpaired) electrons. The Balaban J connectivity index is 1.32. The Morgan fingerprint density at radius 1 is 1.00 bits per heavy atom. The molecule has 5 rings (SSSR count). The maximum Gasteiger partial charge on any atom is 0.280 e. The molecule has 1 saturated carbocycles. The number of rotatable bonds is 6. The molecule has 1 unspecified atom stereocenters. The Bertz CT molecular complexity index is 1070. The Morgan fingerprint density at radius 2 is 1.85 bits per heavy atom. The predicted octanol–water partition coefficient (Wildman–Crippen LogP) is 2.91. The fourth-order valence-corrected chi connectivity index (χ4v) is 4.16. The van der Waals surface area contributed by atoms with E-state index in [9.17, 15) is 9.59 Å². The van der Waals surface area contributed by atoms with Crippen LogP contribution in [0.4, 0.5) is 11.4 Å². The lowest BCUT2D eigenvalue weighted by molar-refractivity contribution is 0.0929. The summed E-state index contributed by atoms with van der Waals surface area (Å²) in [4.78, 5) is 29.5. The number of ether oxygens (including phenoxy) is 1. The molecule has 2 heterocycles. The standard InChI is InChI=1S/C25H29N5O3/c31-23(29-20-9-12-33-15-20)17-3-1-4-19(13-17)28-22-8-7-18(14-21(22)16-5-6-16)24(32)30-25-26-10-2-11-27-25/h1,3-4,7-8,13-14,16,20,28H,2,5-6,9-12,15H2,(H,29,31)(H2,26,27,30,32). The van der Waals surface area contributed by atoms with Gasteiger partial charge in [-0.15, -0.1) is 0 Å². The van der Waals surface area contributed by atoms with E-state index in [0.29, 0.717) is 36.2 Å². The molecule has 2 aromatic rings. The van der Waals surface area contributed by atoms with Crippen molar-refractivity contribution in [3.63, 3.8) is 0 Å². The number of nitrogens with zero attached hydrogens (tertiary/aromatic N) is 1. The van der Waals surface area contributed by atoms with E-state index in [1.807, 2.05) is 36.4 Å². The first-order chi connectivity index (χ1) is 16.2. The molecule has 8 nitrogen and oxygen atoms in total. The Morgan fingerprint density at radius 3 is 2.61 bits per heavy atom. The van der Waals surface area contributed by atoms with Crippen LogP contribution in [-0.4, -0.2) is 50.1 Å². The molecule has 1 atom stereocenters. The quantitative estimate of drug-likeness (QED) is 0.543. The van der Waals surface area contributed by atoms with Crippen molar-refractivity contribution in [1.29, 1.82) is 0 Å². The number of hydrogen-bond donors (Lipinski definition) is 4. The molecule has 2 saturated heterocycles. The van der Waals surface area contributed by atoms with Crippen LogP contribution in [0.5, 0.6) is 0 Å². The third-order valence-corrected chi connectivity index (χ3v) is 6.14. The van der Waals surface area contributed by atoms with E-state index in [1.165, 1.54) is 0 Å². The first-order valence-electron chi connectivity index (χ1n) is 11.7. The molecule has 1 aliphatic carbocycles. The highest BCUT2D eigenvalue weighted by atomic mass is 16.5. The van der Waals surface area contributed by atoms with Gasteiger partial charge in [-0.3, -0.25) is 9.59 Å². The monoisotopic (exact) mass is 447 g/mol. The largest absolute Gasteiger partial charge is 0.379 e. The van der Waals surface area contributed by atoms with Gasteiger partial charge in [-0.05, 0) is 73.6 Å². The van der Waals surface area contributed by atoms with Gasteiger partial charge in [0, 0.05) is 42.2 Å². The number of hydrogen-bond acceptors (Lipinski definition) is 4. The predicted molar refractivity (Wildman–Crippen MR) is 127 cm³/mol. The summed E-state index contributed by atoms with van der Waals surface area (Å²) in [7, 11) is 0. The topological polar surface area (TPSA) is 104 Å². The number of amides is 2. The number of anilines is 2. The van der Waals surface area contributed by atoms with E-state index >= 15 is 0 Å². The zero-order chi connectivity index (χ0) is 22.6. The normalized spacial score (nSPS) is 19.9. The first kappa shape index (κ1) is 21.5. The maximum absolute atomic E-state index is 12.7. The van der Waals surface area contributed by atoms with Crippen molar-refractivity contribution in [2.45, 2.75) is 37.6 Å². The van der Waals surface area contributed by atoms with Crippen LogP contribution in [0.15, 0.2) is 47.5 Å². The number of carbonyl (C=O) groups is 2. The minimum atomic E-state index is -0.255. The lowest BCUT2D eigenvalue weighted by atomic mass is 10.0. The lowest BCUT2D eigenvalue weighted by Gasteiger charge is -2.17. The van der Waals surface area contributed by atoms with Crippen LogP contribution in [-0.2, 0) is 4.74 Å². The summed E-state index contributed by atoms with van der Waals surface area (Å²) in [6, 6.07) is 13.2. The highest BCUT2D eigenvalue weighted by Crippen LogP contribution is 2.44. The van der Waals surface area contributed by atoms with Crippen molar-refractivity contribution >= 4 is 29.1 Å². The van der Waals surface area contributed by atoms with Crippen LogP contribution < -0.4 is 21.3 Å². The molecule has 0 aromatic heterocycles. The van der Waals surface area contributed by atoms with Crippen molar-refractivity contribution in [1.82, 2.24) is 16.0 Å². The zero-order valence-electron chi connectivity index (χ0n) is 18.5. The first-order valence-corrected chi connectivity index (χ1v) is 11.7. The van der Waals surface area contributed by atoms with Gasteiger partial charge in [0.05, 0.1) is 12.6 Å². The van der Waals surface area contributed by atoms with E-state index < -0.39 is 0 Å². The zero-order valence-corrected chi connectivity index (χ0v) is 18.5. The molecule has 4 N–H and O–H groups in total. The van der Waals surface area contributed by atoms with Gasteiger partial charge in [0.1, 0.15) is 0 Å². The maximum atomic E-state index is 12.7. The number of nitrogens with one attached hydrogen (secondary N) is 4. The van der Waals surface area contributed by atoms with Crippen molar-refractivity contribution in [2.24, 2.45) is 4.99 Å². The van der Waals surface area contributed by atoms with Gasteiger partial charge in [-0.2, -0.15) is 4.99 Å². The van der Waals surface area contributed by atoms with Gasteiger partial charge in [0.15, 0.2) is 5.96 Å². The summed E-state index contributed by atoms with van der Waals surface area (Å²) in [5.74, 6) is 0.629. The third kappa shape index (κ3) is 5.34. The number of carbonyl (C=O) groups excluding carboxylic acids is 2. The van der Waals surface area contributed by atoms with Crippen LogP contribution in [0.2, 0.25) is 0 Å². The Kier molecular flexibility index (Phi) is 6.26. The smallest absolute Gasteiger partial charge is 0.280 e. The van der Waals surface area contributed by atoms with Crippen LogP contribution >= 0.6 is 0 Å². The lowest BCUT2D eigenvalue weighted by Crippen LogP contribution is -2.44. The van der Waals surface area contributed by atoms with Gasteiger partial charge >= 0.3 is 0 Å². The van der Waals surface area contributed by atoms with E-state index in [-0.39, 0.29) is 17.9 Å². The average Bonchev–Trinajstić information content (AvgIpc) is 3.56. The second kappa shape index (κ2) is 9.62. The fourth-order valence-electron chi connectivity index (χ4n) is 4.16. The number of aliphatic imine (C=N–C) groups is 1.